The maximum absolute atomic E-state index is 11.1. The van der Waals surface area contributed by atoms with Crippen LogP contribution in [0.25, 0.3) is 0 Å². The van der Waals surface area contributed by atoms with Crippen molar-refractivity contribution in [2.24, 2.45) is 0 Å². The van der Waals surface area contributed by atoms with E-state index in [4.69, 9.17) is 0 Å². The number of hydrogen-bond acceptors (Lipinski definition) is 2. The quantitative estimate of drug-likeness (QED) is 0.381. The summed E-state index contributed by atoms with van der Waals surface area (Å²) in [5.41, 5.74) is 0. The van der Waals surface area contributed by atoms with Gasteiger partial charge in [-0.05, 0) is 5.29 Å². The Bertz CT molecular complexity index is 36.6. The SMILES string of the molecule is FN1CCO1. The summed E-state index contributed by atoms with van der Waals surface area (Å²) in [4.78, 5) is 4.10. The zero-order valence-corrected chi connectivity index (χ0v) is 2.65. The molecule has 0 aliphatic carbocycles. The van der Waals surface area contributed by atoms with Crippen molar-refractivity contribution in [3.8, 4) is 0 Å². The van der Waals surface area contributed by atoms with E-state index in [0.29, 0.717) is 18.4 Å². The fourth-order valence-electron chi connectivity index (χ4n) is 0.160. The molecule has 0 bridgehead atoms. The van der Waals surface area contributed by atoms with Gasteiger partial charge in [0, 0.05) is 0 Å². The zero-order chi connectivity index (χ0) is 3.70. The number of nitrogens with zero attached hydrogens (tertiary/aromatic N) is 1. The maximum atomic E-state index is 11.1. The van der Waals surface area contributed by atoms with Gasteiger partial charge in [0.05, 0.1) is 13.2 Å². The maximum Gasteiger partial charge on any atom is 0.0892 e. The molecule has 0 aromatic rings. The summed E-state index contributed by atoms with van der Waals surface area (Å²) >= 11 is 0. The van der Waals surface area contributed by atoms with Gasteiger partial charge in [-0.3, -0.25) is 4.84 Å². The minimum Gasteiger partial charge on any atom is -0.269 e. The predicted octanol–water partition coefficient (Wildman–Crippen LogP) is 0.118. The molecule has 1 aliphatic rings. The number of rotatable bonds is 0. The van der Waals surface area contributed by atoms with Gasteiger partial charge in [-0.1, -0.05) is 0 Å². The van der Waals surface area contributed by atoms with Crippen LogP contribution in [0, 0.1) is 0 Å². The van der Waals surface area contributed by atoms with Gasteiger partial charge in [0.25, 0.3) is 0 Å². The number of hydrogen-bond donors (Lipinski definition) is 0. The molecule has 5 heavy (non-hydrogen) atoms. The second-order valence-electron chi connectivity index (χ2n) is 0.874. The van der Waals surface area contributed by atoms with Gasteiger partial charge in [0.15, 0.2) is 0 Å². The largest absolute Gasteiger partial charge is 0.269 e. The third kappa shape index (κ3) is 0.385. The van der Waals surface area contributed by atoms with Crippen molar-refractivity contribution in [1.29, 1.82) is 0 Å². The summed E-state index contributed by atoms with van der Waals surface area (Å²) in [6, 6.07) is 0. The average molecular weight is 77.1 g/mol. The summed E-state index contributed by atoms with van der Waals surface area (Å²) in [5.74, 6) is 0. The zero-order valence-electron chi connectivity index (χ0n) is 2.65. The summed E-state index contributed by atoms with van der Waals surface area (Å²) < 4.78 is 11.1. The molecule has 1 aliphatic heterocycles. The highest BCUT2D eigenvalue weighted by molar-refractivity contribution is 4.36. The highest BCUT2D eigenvalue weighted by atomic mass is 19.2. The topological polar surface area (TPSA) is 12.5 Å². The Hall–Kier alpha value is -0.150. The van der Waals surface area contributed by atoms with Gasteiger partial charge in [-0.15, -0.1) is 4.48 Å². The van der Waals surface area contributed by atoms with Crippen LogP contribution in [0.2, 0.25) is 0 Å². The molecule has 1 heterocycles. The Morgan fingerprint density at radius 3 is 2.20 bits per heavy atom. The van der Waals surface area contributed by atoms with Crippen LogP contribution in [0.4, 0.5) is 4.48 Å². The van der Waals surface area contributed by atoms with E-state index < -0.39 is 0 Å². The summed E-state index contributed by atoms with van der Waals surface area (Å²) in [7, 11) is 0. The van der Waals surface area contributed by atoms with Gasteiger partial charge in [-0.25, -0.2) is 0 Å². The van der Waals surface area contributed by atoms with Gasteiger partial charge in [0.1, 0.15) is 0 Å². The van der Waals surface area contributed by atoms with Crippen molar-refractivity contribution in [1.82, 2.24) is 5.29 Å². The third-order valence-corrected chi connectivity index (χ3v) is 0.498. The fraction of sp³-hybridized carbons (Fsp3) is 1.00. The molecule has 0 radical (unpaired) electrons. The van der Waals surface area contributed by atoms with Crippen LogP contribution in [0.1, 0.15) is 0 Å². The van der Waals surface area contributed by atoms with E-state index in [-0.39, 0.29) is 0 Å². The molecule has 1 saturated heterocycles. The van der Waals surface area contributed by atoms with E-state index >= 15 is 0 Å². The first-order valence-electron chi connectivity index (χ1n) is 1.46. The van der Waals surface area contributed by atoms with E-state index in [9.17, 15) is 4.48 Å². The lowest BCUT2D eigenvalue weighted by atomic mass is 10.7. The Morgan fingerprint density at radius 1 is 1.80 bits per heavy atom. The lowest BCUT2D eigenvalue weighted by Crippen LogP contribution is -2.31. The van der Waals surface area contributed by atoms with Crippen LogP contribution in [-0.2, 0) is 4.84 Å². The van der Waals surface area contributed by atoms with Crippen molar-refractivity contribution in [2.45, 2.75) is 0 Å². The summed E-state index contributed by atoms with van der Waals surface area (Å²) in [6.07, 6.45) is 0. The molecule has 30 valence electrons. The molecule has 0 spiro atoms. The monoisotopic (exact) mass is 77.0 g/mol. The summed E-state index contributed by atoms with van der Waals surface area (Å²) in [5, 5.41) is 0.306. The van der Waals surface area contributed by atoms with Crippen LogP contribution in [-0.4, -0.2) is 18.4 Å². The standard InChI is InChI=1S/C2H4FNO/c3-4-1-2-5-4/h1-2H2. The van der Waals surface area contributed by atoms with Crippen molar-refractivity contribution < 1.29 is 9.32 Å². The van der Waals surface area contributed by atoms with Crippen molar-refractivity contribution >= 4 is 0 Å². The highest BCUT2D eigenvalue weighted by Crippen LogP contribution is 1.99. The second kappa shape index (κ2) is 0.914. The number of hydroxylamine groups is 1. The molecular formula is C2H4FNO. The van der Waals surface area contributed by atoms with E-state index in [1.165, 1.54) is 0 Å². The molecular weight excluding hydrogens is 73.0 g/mol. The Balaban J connectivity index is 2.08. The third-order valence-electron chi connectivity index (χ3n) is 0.498. The average Bonchev–Trinajstić information content (AvgIpc) is 1.30. The van der Waals surface area contributed by atoms with E-state index in [1.54, 1.807) is 0 Å². The Morgan fingerprint density at radius 2 is 2.20 bits per heavy atom. The number of halogens is 1. The normalized spacial score (nSPS) is 25.8. The minimum absolute atomic E-state index is 0.306. The molecule has 0 saturated carbocycles. The van der Waals surface area contributed by atoms with Crippen molar-refractivity contribution in [3.63, 3.8) is 0 Å². The molecule has 1 fully saturated rings. The van der Waals surface area contributed by atoms with Gasteiger partial charge < -0.3 is 0 Å². The molecule has 2 nitrogen and oxygen atoms in total. The van der Waals surface area contributed by atoms with Crippen LogP contribution >= 0.6 is 0 Å². The molecule has 0 amide bonds. The molecule has 1 rings (SSSR count). The van der Waals surface area contributed by atoms with Crippen LogP contribution in [0.3, 0.4) is 0 Å². The van der Waals surface area contributed by atoms with Crippen LogP contribution in [0.5, 0.6) is 0 Å². The first-order valence-corrected chi connectivity index (χ1v) is 1.46. The second-order valence-corrected chi connectivity index (χ2v) is 0.874. The lowest BCUT2D eigenvalue weighted by Gasteiger charge is -2.18. The van der Waals surface area contributed by atoms with E-state index in [2.05, 4.69) is 4.84 Å². The molecule has 0 N–H and O–H groups in total. The fourth-order valence-corrected chi connectivity index (χ4v) is 0.160. The summed E-state index contributed by atoms with van der Waals surface area (Å²) in [6.45, 7) is 0.969. The first-order chi connectivity index (χ1) is 2.39. The van der Waals surface area contributed by atoms with E-state index in [1.807, 2.05) is 0 Å². The smallest absolute Gasteiger partial charge is 0.0892 e. The van der Waals surface area contributed by atoms with Crippen LogP contribution < -0.4 is 0 Å². The van der Waals surface area contributed by atoms with Crippen LogP contribution in [0.15, 0.2) is 0 Å². The van der Waals surface area contributed by atoms with Gasteiger partial charge >= 0.3 is 0 Å². The van der Waals surface area contributed by atoms with Crippen molar-refractivity contribution in [2.75, 3.05) is 13.2 Å². The lowest BCUT2D eigenvalue weighted by molar-refractivity contribution is -0.354. The minimum atomic E-state index is 0.306. The molecule has 0 atom stereocenters. The van der Waals surface area contributed by atoms with Crippen molar-refractivity contribution in [3.05, 3.63) is 0 Å². The Kier molecular flexibility index (Phi) is 0.559. The van der Waals surface area contributed by atoms with Gasteiger partial charge in [-0.2, -0.15) is 0 Å². The first kappa shape index (κ1) is 3.06. The predicted molar refractivity (Wildman–Crippen MR) is 13.8 cm³/mol. The molecule has 0 unspecified atom stereocenters. The molecule has 3 heteroatoms. The molecule has 0 aromatic heterocycles. The van der Waals surface area contributed by atoms with E-state index in [0.717, 1.165) is 0 Å². The highest BCUT2D eigenvalue weighted by Gasteiger charge is 2.11. The Labute approximate surface area is 29.0 Å². The van der Waals surface area contributed by atoms with Gasteiger partial charge in [0.2, 0.25) is 0 Å². The molecule has 0 aromatic carbocycles.